The maximum absolute atomic E-state index is 13.4. The average molecular weight is 337 g/mol. The topological polar surface area (TPSA) is 46.3 Å². The fourth-order valence-electron chi connectivity index (χ4n) is 4.21. The van der Waals surface area contributed by atoms with Gasteiger partial charge >= 0.3 is 0 Å². The zero-order valence-electron chi connectivity index (χ0n) is 14.3. The molecule has 2 fully saturated rings. The van der Waals surface area contributed by atoms with Crippen molar-refractivity contribution in [2.24, 2.45) is 11.1 Å². The van der Waals surface area contributed by atoms with Gasteiger partial charge in [-0.05, 0) is 30.2 Å². The number of nitrogens with zero attached hydrogens (tertiary/aromatic N) is 1. The number of carbonyl (C=O) groups excluding carboxylic acids is 1. The van der Waals surface area contributed by atoms with E-state index in [-0.39, 0.29) is 29.3 Å². The van der Waals surface area contributed by atoms with Crippen LogP contribution in [0.25, 0.3) is 0 Å². The number of carbonyl (C=O) groups is 1. The van der Waals surface area contributed by atoms with E-state index in [1.165, 1.54) is 5.56 Å². The summed E-state index contributed by atoms with van der Waals surface area (Å²) >= 11 is 0. The van der Waals surface area contributed by atoms with E-state index in [0.29, 0.717) is 5.91 Å². The second-order valence-corrected chi connectivity index (χ2v) is 7.77. The van der Waals surface area contributed by atoms with Crippen molar-refractivity contribution in [3.8, 4) is 0 Å². The van der Waals surface area contributed by atoms with Crippen LogP contribution in [0.2, 0.25) is 0 Å². The van der Waals surface area contributed by atoms with Gasteiger partial charge in [0.05, 0.1) is 5.41 Å². The Kier molecular flexibility index (Phi) is 5.42. The minimum atomic E-state index is -0.293. The molecule has 128 valence electrons. The molecule has 1 amide bonds. The lowest BCUT2D eigenvalue weighted by Crippen LogP contribution is -2.57. The van der Waals surface area contributed by atoms with E-state index >= 15 is 0 Å². The summed E-state index contributed by atoms with van der Waals surface area (Å²) < 4.78 is 0. The van der Waals surface area contributed by atoms with Gasteiger partial charge < -0.3 is 10.6 Å². The minimum absolute atomic E-state index is 0. The van der Waals surface area contributed by atoms with Crippen LogP contribution in [0.5, 0.6) is 0 Å². The van der Waals surface area contributed by atoms with E-state index in [0.717, 1.165) is 45.2 Å². The normalized spacial score (nSPS) is 25.7. The van der Waals surface area contributed by atoms with Gasteiger partial charge in [0.2, 0.25) is 5.91 Å². The third-order valence-electron chi connectivity index (χ3n) is 5.79. The lowest BCUT2D eigenvalue weighted by Gasteiger charge is -2.45. The second kappa shape index (κ2) is 6.82. The predicted molar refractivity (Wildman–Crippen MR) is 96.8 cm³/mol. The molecule has 1 saturated heterocycles. The maximum Gasteiger partial charge on any atom is 0.233 e. The third kappa shape index (κ3) is 3.27. The van der Waals surface area contributed by atoms with Crippen LogP contribution in [-0.4, -0.2) is 29.9 Å². The van der Waals surface area contributed by atoms with Crippen LogP contribution in [0, 0.1) is 5.41 Å². The quantitative estimate of drug-likeness (QED) is 0.898. The Morgan fingerprint density at radius 1 is 1.17 bits per heavy atom. The van der Waals surface area contributed by atoms with E-state index in [2.05, 4.69) is 43.0 Å². The van der Waals surface area contributed by atoms with Gasteiger partial charge in [0.15, 0.2) is 0 Å². The van der Waals surface area contributed by atoms with Gasteiger partial charge in [-0.25, -0.2) is 0 Å². The highest BCUT2D eigenvalue weighted by molar-refractivity contribution is 5.88. The van der Waals surface area contributed by atoms with Crippen molar-refractivity contribution in [3.05, 3.63) is 35.9 Å². The van der Waals surface area contributed by atoms with Crippen LogP contribution in [-0.2, 0) is 10.2 Å². The molecule has 1 atom stereocenters. The zero-order valence-corrected chi connectivity index (χ0v) is 15.1. The molecule has 1 aliphatic carbocycles. The summed E-state index contributed by atoms with van der Waals surface area (Å²) in [5, 5.41) is 0. The largest absolute Gasteiger partial charge is 0.341 e. The van der Waals surface area contributed by atoms with Crippen molar-refractivity contribution in [1.29, 1.82) is 0 Å². The number of hydrogen-bond donors (Lipinski definition) is 1. The summed E-state index contributed by atoms with van der Waals surface area (Å²) in [7, 11) is 0. The van der Waals surface area contributed by atoms with Crippen molar-refractivity contribution < 1.29 is 4.79 Å². The highest BCUT2D eigenvalue weighted by Crippen LogP contribution is 2.43. The first-order valence-corrected chi connectivity index (χ1v) is 8.56. The van der Waals surface area contributed by atoms with Gasteiger partial charge in [-0.3, -0.25) is 4.79 Å². The number of amides is 1. The molecule has 1 unspecified atom stereocenters. The van der Waals surface area contributed by atoms with Crippen molar-refractivity contribution in [2.45, 2.75) is 57.4 Å². The molecule has 2 N–H and O–H groups in total. The Morgan fingerprint density at radius 2 is 1.78 bits per heavy atom. The molecule has 2 aliphatic rings. The van der Waals surface area contributed by atoms with Crippen LogP contribution in [0.4, 0.5) is 0 Å². The van der Waals surface area contributed by atoms with Crippen LogP contribution >= 0.6 is 12.4 Å². The van der Waals surface area contributed by atoms with E-state index in [1.807, 2.05) is 6.07 Å². The van der Waals surface area contributed by atoms with Gasteiger partial charge in [0.25, 0.3) is 0 Å². The smallest absolute Gasteiger partial charge is 0.233 e. The van der Waals surface area contributed by atoms with Gasteiger partial charge in [-0.2, -0.15) is 0 Å². The standard InChI is InChI=1S/C19H28N2O.ClH/c1-18(2)14-21(13-10-16(18)20)17(22)19(11-6-7-12-19)15-8-4-3-5-9-15;/h3-5,8-9,16H,6-7,10-14,20H2,1-2H3;1H. The van der Waals surface area contributed by atoms with Crippen molar-refractivity contribution in [3.63, 3.8) is 0 Å². The number of rotatable bonds is 2. The fourth-order valence-corrected chi connectivity index (χ4v) is 4.21. The summed E-state index contributed by atoms with van der Waals surface area (Å²) in [5.41, 5.74) is 7.15. The molecule has 1 heterocycles. The molecular formula is C19H29ClN2O. The summed E-state index contributed by atoms with van der Waals surface area (Å²) in [6.07, 6.45) is 5.18. The Hall–Kier alpha value is -1.06. The van der Waals surface area contributed by atoms with E-state index in [9.17, 15) is 4.79 Å². The molecule has 0 bridgehead atoms. The van der Waals surface area contributed by atoms with Gasteiger partial charge in [-0.15, -0.1) is 12.4 Å². The molecule has 0 aromatic heterocycles. The summed E-state index contributed by atoms with van der Waals surface area (Å²) in [4.78, 5) is 15.5. The molecule has 4 heteroatoms. The summed E-state index contributed by atoms with van der Waals surface area (Å²) in [6, 6.07) is 10.6. The number of nitrogens with two attached hydrogens (primary N) is 1. The Balaban J connectivity index is 0.00000192. The molecule has 0 spiro atoms. The average Bonchev–Trinajstić information content (AvgIpc) is 3.01. The molecule has 0 radical (unpaired) electrons. The van der Waals surface area contributed by atoms with Crippen LogP contribution in [0.3, 0.4) is 0 Å². The highest BCUT2D eigenvalue weighted by atomic mass is 35.5. The molecule has 1 aromatic rings. The van der Waals surface area contributed by atoms with Crippen molar-refractivity contribution in [1.82, 2.24) is 4.90 Å². The number of hydrogen-bond acceptors (Lipinski definition) is 2. The van der Waals surface area contributed by atoms with Crippen LogP contribution in [0.1, 0.15) is 51.5 Å². The van der Waals surface area contributed by atoms with E-state index < -0.39 is 0 Å². The van der Waals surface area contributed by atoms with Gasteiger partial charge in [0, 0.05) is 19.1 Å². The minimum Gasteiger partial charge on any atom is -0.341 e. The predicted octanol–water partition coefficient (Wildman–Crippen LogP) is 3.51. The van der Waals surface area contributed by atoms with Gasteiger partial charge in [0.1, 0.15) is 0 Å². The number of halogens is 1. The first-order chi connectivity index (χ1) is 10.5. The molecular weight excluding hydrogens is 308 g/mol. The first kappa shape index (κ1) is 18.3. The van der Waals surface area contributed by atoms with Gasteiger partial charge in [-0.1, -0.05) is 57.0 Å². The molecule has 1 aromatic carbocycles. The number of benzene rings is 1. The van der Waals surface area contributed by atoms with Crippen molar-refractivity contribution in [2.75, 3.05) is 13.1 Å². The lowest BCUT2D eigenvalue weighted by molar-refractivity contribution is -0.140. The molecule has 1 saturated carbocycles. The van der Waals surface area contributed by atoms with Crippen LogP contribution < -0.4 is 5.73 Å². The Bertz CT molecular complexity index is 538. The maximum atomic E-state index is 13.4. The Labute approximate surface area is 146 Å². The fraction of sp³-hybridized carbons (Fsp3) is 0.632. The lowest BCUT2D eigenvalue weighted by atomic mass is 9.75. The molecule has 3 rings (SSSR count). The Morgan fingerprint density at radius 3 is 2.35 bits per heavy atom. The van der Waals surface area contributed by atoms with Crippen molar-refractivity contribution >= 4 is 18.3 Å². The first-order valence-electron chi connectivity index (χ1n) is 8.56. The number of piperidine rings is 1. The van der Waals surface area contributed by atoms with Crippen LogP contribution in [0.15, 0.2) is 30.3 Å². The zero-order chi connectivity index (χ0) is 15.8. The molecule has 1 aliphatic heterocycles. The highest BCUT2D eigenvalue weighted by Gasteiger charge is 2.47. The SMILES string of the molecule is CC1(C)CN(C(=O)C2(c3ccccc3)CCCC2)CCC1N.Cl. The number of likely N-dealkylation sites (tertiary alicyclic amines) is 1. The molecule has 3 nitrogen and oxygen atoms in total. The third-order valence-corrected chi connectivity index (χ3v) is 5.79. The second-order valence-electron chi connectivity index (χ2n) is 7.77. The molecule has 23 heavy (non-hydrogen) atoms. The van der Waals surface area contributed by atoms with E-state index in [4.69, 9.17) is 5.73 Å². The summed E-state index contributed by atoms with van der Waals surface area (Å²) in [5.74, 6) is 0.330. The summed E-state index contributed by atoms with van der Waals surface area (Å²) in [6.45, 7) is 5.95. The monoisotopic (exact) mass is 336 g/mol. The van der Waals surface area contributed by atoms with E-state index in [1.54, 1.807) is 0 Å².